The minimum absolute atomic E-state index is 0.0618. The number of halogens is 3. The summed E-state index contributed by atoms with van der Waals surface area (Å²) in [6.07, 6.45) is 0. The Morgan fingerprint density at radius 1 is 1.04 bits per heavy atom. The minimum Gasteiger partial charge on any atom is -0.478 e. The molecule has 0 unspecified atom stereocenters. The van der Waals surface area contributed by atoms with Crippen LogP contribution in [0.5, 0.6) is 0 Å². The third-order valence-corrected chi connectivity index (χ3v) is 5.10. The highest BCUT2D eigenvalue weighted by atomic mass is 79.9. The molecule has 8 heteroatoms. The van der Waals surface area contributed by atoms with Gasteiger partial charge in [0, 0.05) is 15.4 Å². The Kier molecular flexibility index (Phi) is 5.15. The molecule has 0 spiro atoms. The molecule has 1 heterocycles. The summed E-state index contributed by atoms with van der Waals surface area (Å²) in [4.78, 5) is 24.4. The molecular weight excluding hydrogens is 428 g/mol. The van der Waals surface area contributed by atoms with Gasteiger partial charge in [-0.1, -0.05) is 28.1 Å². The van der Waals surface area contributed by atoms with Crippen molar-refractivity contribution in [1.29, 1.82) is 0 Å². The zero-order valence-corrected chi connectivity index (χ0v) is 15.3. The van der Waals surface area contributed by atoms with Gasteiger partial charge >= 0.3 is 5.97 Å². The van der Waals surface area contributed by atoms with Crippen LogP contribution in [0, 0.1) is 11.6 Å². The number of rotatable bonds is 4. The molecule has 1 amide bonds. The number of carbonyl (C=O) groups excluding carboxylic acids is 1. The van der Waals surface area contributed by atoms with Crippen LogP contribution < -0.4 is 5.32 Å². The first-order valence-electron chi connectivity index (χ1n) is 7.24. The molecule has 0 aliphatic heterocycles. The van der Waals surface area contributed by atoms with Crippen molar-refractivity contribution in [2.24, 2.45) is 0 Å². The first-order valence-corrected chi connectivity index (χ1v) is 8.91. The Balaban J connectivity index is 1.95. The van der Waals surface area contributed by atoms with E-state index in [1.54, 1.807) is 24.3 Å². The number of hydrogen-bond donors (Lipinski definition) is 2. The maximum Gasteiger partial charge on any atom is 0.339 e. The number of carbonyl (C=O) groups is 2. The van der Waals surface area contributed by atoms with Crippen LogP contribution in [0.4, 0.5) is 14.5 Å². The van der Waals surface area contributed by atoms with Crippen LogP contribution in [0.25, 0.3) is 10.4 Å². The van der Waals surface area contributed by atoms with E-state index >= 15 is 0 Å². The molecule has 2 N–H and O–H groups in total. The van der Waals surface area contributed by atoms with Crippen molar-refractivity contribution in [3.63, 3.8) is 0 Å². The number of carboxylic acids is 1. The number of amides is 1. The lowest BCUT2D eigenvalue weighted by Gasteiger charge is -2.07. The molecule has 2 aromatic carbocycles. The average molecular weight is 438 g/mol. The van der Waals surface area contributed by atoms with Crippen molar-refractivity contribution >= 4 is 44.8 Å². The van der Waals surface area contributed by atoms with Crippen LogP contribution in [-0.4, -0.2) is 17.0 Å². The van der Waals surface area contributed by atoms with Gasteiger partial charge in [-0.2, -0.15) is 0 Å². The normalized spacial score (nSPS) is 10.6. The maximum absolute atomic E-state index is 13.3. The van der Waals surface area contributed by atoms with E-state index in [-0.39, 0.29) is 16.8 Å². The Labute approximate surface area is 159 Å². The molecule has 0 atom stereocenters. The van der Waals surface area contributed by atoms with E-state index in [0.29, 0.717) is 10.4 Å². The highest BCUT2D eigenvalue weighted by molar-refractivity contribution is 9.10. The fourth-order valence-corrected chi connectivity index (χ4v) is 3.57. The van der Waals surface area contributed by atoms with Gasteiger partial charge < -0.3 is 10.4 Å². The van der Waals surface area contributed by atoms with E-state index < -0.39 is 23.5 Å². The highest BCUT2D eigenvalue weighted by Crippen LogP contribution is 2.36. The van der Waals surface area contributed by atoms with Crippen molar-refractivity contribution in [3.8, 4) is 10.4 Å². The van der Waals surface area contributed by atoms with E-state index in [2.05, 4.69) is 21.2 Å². The second kappa shape index (κ2) is 7.35. The summed E-state index contributed by atoms with van der Waals surface area (Å²) in [5.41, 5.74) is 0.601. The van der Waals surface area contributed by atoms with Gasteiger partial charge in [-0.3, -0.25) is 4.79 Å². The molecule has 3 aromatic rings. The number of hydrogen-bond acceptors (Lipinski definition) is 3. The second-order valence-electron chi connectivity index (χ2n) is 5.25. The summed E-state index contributed by atoms with van der Waals surface area (Å²) >= 11 is 4.47. The van der Waals surface area contributed by atoms with Gasteiger partial charge in [0.1, 0.15) is 5.56 Å². The molecule has 132 valence electrons. The van der Waals surface area contributed by atoms with E-state index in [0.717, 1.165) is 34.0 Å². The van der Waals surface area contributed by atoms with E-state index in [9.17, 15) is 23.5 Å². The number of nitrogens with one attached hydrogen (secondary N) is 1. The summed E-state index contributed by atoms with van der Waals surface area (Å²) in [5.74, 6) is -4.16. The van der Waals surface area contributed by atoms with Gasteiger partial charge in [0.15, 0.2) is 11.6 Å². The van der Waals surface area contributed by atoms with Gasteiger partial charge in [-0.05, 0) is 35.9 Å². The molecule has 1 aromatic heterocycles. The second-order valence-corrected chi connectivity index (χ2v) is 7.04. The lowest BCUT2D eigenvalue weighted by Crippen LogP contribution is -2.14. The minimum atomic E-state index is -1.20. The summed E-state index contributed by atoms with van der Waals surface area (Å²) < 4.78 is 27.1. The number of aromatic carboxylic acids is 1. The van der Waals surface area contributed by atoms with E-state index in [1.807, 2.05) is 0 Å². The largest absolute Gasteiger partial charge is 0.478 e. The van der Waals surface area contributed by atoms with Gasteiger partial charge in [0.25, 0.3) is 5.91 Å². The maximum atomic E-state index is 13.3. The van der Waals surface area contributed by atoms with Gasteiger partial charge in [0.2, 0.25) is 0 Å². The zero-order chi connectivity index (χ0) is 18.8. The Morgan fingerprint density at radius 3 is 2.35 bits per heavy atom. The molecular formula is C18H10BrF2NO3S. The third-order valence-electron chi connectivity index (χ3n) is 3.54. The van der Waals surface area contributed by atoms with Crippen LogP contribution in [-0.2, 0) is 0 Å². The quantitative estimate of drug-likeness (QED) is 0.573. The monoisotopic (exact) mass is 437 g/mol. The Bertz CT molecular complexity index is 1000. The zero-order valence-electron chi connectivity index (χ0n) is 12.9. The SMILES string of the molecule is O=C(Nc1csc(-c2ccc(Br)cc2)c1C(=O)O)c1ccc(F)c(F)c1. The van der Waals surface area contributed by atoms with Gasteiger partial charge in [0.05, 0.1) is 10.6 Å². The fraction of sp³-hybridized carbons (Fsp3) is 0. The first kappa shape index (κ1) is 18.2. The number of benzene rings is 2. The Hall–Kier alpha value is -2.58. The molecule has 0 radical (unpaired) electrons. The third kappa shape index (κ3) is 3.66. The van der Waals surface area contributed by atoms with Crippen LogP contribution >= 0.6 is 27.3 Å². The van der Waals surface area contributed by atoms with Crippen LogP contribution in [0.3, 0.4) is 0 Å². The average Bonchev–Trinajstić information content (AvgIpc) is 3.01. The summed E-state index contributed by atoms with van der Waals surface area (Å²) in [6, 6.07) is 9.78. The molecule has 0 bridgehead atoms. The molecule has 0 aliphatic carbocycles. The molecule has 3 rings (SSSR count). The van der Waals surface area contributed by atoms with E-state index in [1.165, 1.54) is 5.38 Å². The van der Waals surface area contributed by atoms with Crippen LogP contribution in [0.15, 0.2) is 52.3 Å². The standard InChI is InChI=1S/C18H10BrF2NO3S/c19-11-4-1-9(2-5-11)16-15(18(24)25)14(8-26-16)22-17(23)10-3-6-12(20)13(21)7-10/h1-8H,(H,22,23)(H,24,25). The summed E-state index contributed by atoms with van der Waals surface area (Å²) in [7, 11) is 0. The molecule has 0 fully saturated rings. The van der Waals surface area contributed by atoms with Gasteiger partial charge in [-0.15, -0.1) is 11.3 Å². The lowest BCUT2D eigenvalue weighted by molar-refractivity contribution is 0.0699. The van der Waals surface area contributed by atoms with Crippen molar-refractivity contribution in [3.05, 3.63) is 75.1 Å². The van der Waals surface area contributed by atoms with E-state index in [4.69, 9.17) is 0 Å². The summed E-state index contributed by atoms with van der Waals surface area (Å²) in [6.45, 7) is 0. The van der Waals surface area contributed by atoms with Crippen molar-refractivity contribution in [2.75, 3.05) is 5.32 Å². The van der Waals surface area contributed by atoms with Gasteiger partial charge in [-0.25, -0.2) is 13.6 Å². The van der Waals surface area contributed by atoms with Crippen molar-refractivity contribution in [1.82, 2.24) is 0 Å². The lowest BCUT2D eigenvalue weighted by atomic mass is 10.1. The predicted molar refractivity (Wildman–Crippen MR) is 98.7 cm³/mol. The molecule has 0 saturated heterocycles. The summed E-state index contributed by atoms with van der Waals surface area (Å²) in [5, 5.41) is 13.5. The topological polar surface area (TPSA) is 66.4 Å². The van der Waals surface area contributed by atoms with Crippen molar-refractivity contribution in [2.45, 2.75) is 0 Å². The molecule has 0 saturated carbocycles. The molecule has 26 heavy (non-hydrogen) atoms. The highest BCUT2D eigenvalue weighted by Gasteiger charge is 2.21. The molecule has 4 nitrogen and oxygen atoms in total. The van der Waals surface area contributed by atoms with Crippen LogP contribution in [0.1, 0.15) is 20.7 Å². The number of anilines is 1. The molecule has 0 aliphatic rings. The fourth-order valence-electron chi connectivity index (χ4n) is 2.31. The van der Waals surface area contributed by atoms with Crippen molar-refractivity contribution < 1.29 is 23.5 Å². The Morgan fingerprint density at radius 2 is 1.73 bits per heavy atom. The first-order chi connectivity index (χ1) is 12.4. The van der Waals surface area contributed by atoms with Crippen LogP contribution in [0.2, 0.25) is 0 Å². The number of thiophene rings is 1. The number of carboxylic acid groups (broad SMARTS) is 1. The smallest absolute Gasteiger partial charge is 0.339 e. The predicted octanol–water partition coefficient (Wildman–Crippen LogP) is 5.41.